The molecule has 0 fully saturated rings. The fraction of sp³-hybridized carbons (Fsp3) is 0.286. The fourth-order valence-corrected chi connectivity index (χ4v) is 4.83. The summed E-state index contributed by atoms with van der Waals surface area (Å²) in [7, 11) is 1.68. The summed E-state index contributed by atoms with van der Waals surface area (Å²) >= 11 is 1.72. The van der Waals surface area contributed by atoms with Crippen LogP contribution < -0.4 is 4.74 Å². The minimum atomic E-state index is -0.318. The Kier molecular flexibility index (Phi) is 7.58. The van der Waals surface area contributed by atoms with Gasteiger partial charge in [-0.05, 0) is 79.8 Å². The van der Waals surface area contributed by atoms with Crippen molar-refractivity contribution in [3.63, 3.8) is 0 Å². The molecule has 0 spiro atoms. The van der Waals surface area contributed by atoms with Gasteiger partial charge in [0.05, 0.1) is 30.3 Å². The molecule has 0 aliphatic rings. The number of benzene rings is 3. The molecule has 0 unspecified atom stereocenters. The number of imidazole rings is 1. The van der Waals surface area contributed by atoms with Crippen molar-refractivity contribution in [2.24, 2.45) is 0 Å². The van der Waals surface area contributed by atoms with Gasteiger partial charge in [-0.2, -0.15) is 0 Å². The standard InChI is InChI=1S/C28H30N2O3S/c1-5-33-27(31)23-10-13-26-25(17-23)29-28(34-18-22-7-6-19(2)20(3)16-22)30(26)15-14-21-8-11-24(32-4)12-9-21/h6-13,16-17H,5,14-15,18H2,1-4H3. The normalized spacial score (nSPS) is 11.1. The second-order valence-electron chi connectivity index (χ2n) is 8.28. The van der Waals surface area contributed by atoms with Gasteiger partial charge in [0, 0.05) is 12.3 Å². The number of aryl methyl sites for hydroxylation is 4. The molecule has 1 aromatic heterocycles. The number of nitrogens with zero attached hydrogens (tertiary/aromatic N) is 2. The highest BCUT2D eigenvalue weighted by atomic mass is 32.2. The second-order valence-corrected chi connectivity index (χ2v) is 9.22. The number of aromatic nitrogens is 2. The van der Waals surface area contributed by atoms with E-state index in [-0.39, 0.29) is 5.97 Å². The summed E-state index contributed by atoms with van der Waals surface area (Å²) in [5.41, 5.74) is 7.45. The molecule has 6 heteroatoms. The van der Waals surface area contributed by atoms with Crippen molar-refractivity contribution in [3.8, 4) is 5.75 Å². The van der Waals surface area contributed by atoms with E-state index in [1.807, 2.05) is 37.3 Å². The first-order valence-electron chi connectivity index (χ1n) is 11.5. The summed E-state index contributed by atoms with van der Waals surface area (Å²) < 4.78 is 12.7. The molecule has 0 aliphatic carbocycles. The predicted molar refractivity (Wildman–Crippen MR) is 138 cm³/mol. The lowest BCUT2D eigenvalue weighted by Crippen LogP contribution is -2.05. The van der Waals surface area contributed by atoms with Gasteiger partial charge < -0.3 is 14.0 Å². The number of hydrogen-bond donors (Lipinski definition) is 0. The van der Waals surface area contributed by atoms with Crippen LogP contribution in [0.4, 0.5) is 0 Å². The zero-order valence-electron chi connectivity index (χ0n) is 20.1. The molecule has 4 rings (SSSR count). The molecule has 0 atom stereocenters. The van der Waals surface area contributed by atoms with Gasteiger partial charge in [-0.3, -0.25) is 0 Å². The predicted octanol–water partition coefficient (Wildman–Crippen LogP) is 6.37. The van der Waals surface area contributed by atoms with Gasteiger partial charge in [-0.15, -0.1) is 0 Å². The fourth-order valence-electron chi connectivity index (χ4n) is 3.85. The Morgan fingerprint density at radius 3 is 2.44 bits per heavy atom. The summed E-state index contributed by atoms with van der Waals surface area (Å²) in [5, 5.41) is 0.947. The van der Waals surface area contributed by atoms with E-state index in [1.54, 1.807) is 18.9 Å². The lowest BCUT2D eigenvalue weighted by atomic mass is 10.1. The molecule has 0 N–H and O–H groups in total. The van der Waals surface area contributed by atoms with E-state index < -0.39 is 0 Å². The van der Waals surface area contributed by atoms with Gasteiger partial charge in [0.15, 0.2) is 5.16 Å². The zero-order chi connectivity index (χ0) is 24.1. The lowest BCUT2D eigenvalue weighted by Gasteiger charge is -2.10. The topological polar surface area (TPSA) is 53.3 Å². The first kappa shape index (κ1) is 23.9. The third-order valence-corrected chi connectivity index (χ3v) is 6.99. The monoisotopic (exact) mass is 474 g/mol. The van der Waals surface area contributed by atoms with Gasteiger partial charge in [0.1, 0.15) is 5.75 Å². The largest absolute Gasteiger partial charge is 0.497 e. The maximum atomic E-state index is 12.2. The van der Waals surface area contributed by atoms with E-state index in [2.05, 4.69) is 48.7 Å². The minimum absolute atomic E-state index is 0.318. The molecule has 5 nitrogen and oxygen atoms in total. The van der Waals surface area contributed by atoms with E-state index in [9.17, 15) is 4.79 Å². The lowest BCUT2D eigenvalue weighted by molar-refractivity contribution is 0.0526. The first-order valence-corrected chi connectivity index (χ1v) is 12.5. The van der Waals surface area contributed by atoms with Gasteiger partial charge in [-0.25, -0.2) is 9.78 Å². The van der Waals surface area contributed by atoms with Crippen molar-refractivity contribution in [2.75, 3.05) is 13.7 Å². The third kappa shape index (κ3) is 5.45. The summed E-state index contributed by atoms with van der Waals surface area (Å²) in [6, 6.07) is 20.4. The average molecular weight is 475 g/mol. The van der Waals surface area contributed by atoms with Gasteiger partial charge >= 0.3 is 5.97 Å². The Bertz CT molecular complexity index is 1300. The number of fused-ring (bicyclic) bond motifs is 1. The molecule has 1 heterocycles. The van der Waals surface area contributed by atoms with Gasteiger partial charge in [0.2, 0.25) is 0 Å². The van der Waals surface area contributed by atoms with Crippen LogP contribution in [0.2, 0.25) is 0 Å². The van der Waals surface area contributed by atoms with Crippen molar-refractivity contribution in [1.82, 2.24) is 9.55 Å². The van der Waals surface area contributed by atoms with Crippen molar-refractivity contribution >= 4 is 28.8 Å². The number of methoxy groups -OCH3 is 1. The highest BCUT2D eigenvalue weighted by Crippen LogP contribution is 2.29. The Balaban J connectivity index is 1.62. The van der Waals surface area contributed by atoms with Crippen LogP contribution in [0.15, 0.2) is 65.8 Å². The van der Waals surface area contributed by atoms with Crippen LogP contribution in [0.3, 0.4) is 0 Å². The Morgan fingerprint density at radius 2 is 1.74 bits per heavy atom. The first-order chi connectivity index (χ1) is 16.5. The number of carbonyl (C=O) groups excluding carboxylic acids is 1. The number of rotatable bonds is 9. The minimum Gasteiger partial charge on any atom is -0.497 e. The number of thioether (sulfide) groups is 1. The molecule has 4 aromatic rings. The SMILES string of the molecule is CCOC(=O)c1ccc2c(c1)nc(SCc1ccc(C)c(C)c1)n2CCc1ccc(OC)cc1. The number of esters is 1. The molecule has 3 aromatic carbocycles. The van der Waals surface area contributed by atoms with Crippen molar-refractivity contribution in [1.29, 1.82) is 0 Å². The molecule has 0 amide bonds. The van der Waals surface area contributed by atoms with E-state index >= 15 is 0 Å². The molecule has 0 aliphatic heterocycles. The van der Waals surface area contributed by atoms with E-state index in [1.165, 1.54) is 22.3 Å². The van der Waals surface area contributed by atoms with Crippen molar-refractivity contribution in [3.05, 3.63) is 88.5 Å². The Morgan fingerprint density at radius 1 is 0.971 bits per heavy atom. The number of carbonyl (C=O) groups is 1. The summed E-state index contributed by atoms with van der Waals surface area (Å²) in [5.74, 6) is 1.37. The Labute approximate surface area is 205 Å². The van der Waals surface area contributed by atoms with E-state index in [0.29, 0.717) is 12.2 Å². The van der Waals surface area contributed by atoms with E-state index in [4.69, 9.17) is 14.5 Å². The number of ether oxygens (including phenoxy) is 2. The van der Waals surface area contributed by atoms with E-state index in [0.717, 1.165) is 40.7 Å². The highest BCUT2D eigenvalue weighted by molar-refractivity contribution is 7.98. The Hall–Kier alpha value is -3.25. The van der Waals surface area contributed by atoms with Crippen LogP contribution in [0.1, 0.15) is 39.5 Å². The molecule has 34 heavy (non-hydrogen) atoms. The quantitative estimate of drug-likeness (QED) is 0.208. The average Bonchev–Trinajstić information content (AvgIpc) is 3.20. The summed E-state index contributed by atoms with van der Waals surface area (Å²) in [6.07, 6.45) is 0.867. The summed E-state index contributed by atoms with van der Waals surface area (Å²) in [4.78, 5) is 17.1. The maximum Gasteiger partial charge on any atom is 0.338 e. The molecule has 0 saturated carbocycles. The third-order valence-electron chi connectivity index (χ3n) is 5.95. The van der Waals surface area contributed by atoms with Crippen LogP contribution in [-0.4, -0.2) is 29.2 Å². The molecular weight excluding hydrogens is 444 g/mol. The molecular formula is C28H30N2O3S. The van der Waals surface area contributed by atoms with Crippen LogP contribution in [0.5, 0.6) is 5.75 Å². The maximum absolute atomic E-state index is 12.2. The van der Waals surface area contributed by atoms with Crippen molar-refractivity contribution in [2.45, 2.75) is 44.6 Å². The van der Waals surface area contributed by atoms with Crippen molar-refractivity contribution < 1.29 is 14.3 Å². The van der Waals surface area contributed by atoms with Gasteiger partial charge in [0.25, 0.3) is 0 Å². The molecule has 0 radical (unpaired) electrons. The number of hydrogen-bond acceptors (Lipinski definition) is 5. The van der Waals surface area contributed by atoms with Gasteiger partial charge in [-0.1, -0.05) is 42.1 Å². The highest BCUT2D eigenvalue weighted by Gasteiger charge is 2.15. The molecule has 0 saturated heterocycles. The van der Waals surface area contributed by atoms with Crippen LogP contribution in [0, 0.1) is 13.8 Å². The van der Waals surface area contributed by atoms with Crippen LogP contribution in [0.25, 0.3) is 11.0 Å². The van der Waals surface area contributed by atoms with Crippen LogP contribution >= 0.6 is 11.8 Å². The summed E-state index contributed by atoms with van der Waals surface area (Å²) in [6.45, 7) is 7.23. The smallest absolute Gasteiger partial charge is 0.338 e. The molecule has 0 bridgehead atoms. The zero-order valence-corrected chi connectivity index (χ0v) is 20.9. The second kappa shape index (κ2) is 10.8. The molecule has 176 valence electrons. The van der Waals surface area contributed by atoms with Crippen LogP contribution in [-0.2, 0) is 23.5 Å².